The van der Waals surface area contributed by atoms with Crippen LogP contribution in [0.15, 0.2) is 35.1 Å². The van der Waals surface area contributed by atoms with Crippen molar-refractivity contribution in [3.8, 4) is 11.8 Å². The van der Waals surface area contributed by atoms with Gasteiger partial charge in [-0.15, -0.1) is 0 Å². The number of H-pyrrole nitrogens is 1. The van der Waals surface area contributed by atoms with Gasteiger partial charge in [-0.2, -0.15) is 5.26 Å². The molecule has 0 spiro atoms. The number of carbonyl (C=O) groups excluding carboxylic acids is 1. The fourth-order valence-corrected chi connectivity index (χ4v) is 3.24. The Bertz CT molecular complexity index is 1230. The second-order valence-electron chi connectivity index (χ2n) is 6.74. The van der Waals surface area contributed by atoms with Crippen molar-refractivity contribution in [2.75, 3.05) is 0 Å². The molecule has 0 aliphatic rings. The molecule has 0 aliphatic heterocycles. The number of halogens is 2. The molecule has 0 radical (unpaired) electrons. The third-order valence-electron chi connectivity index (χ3n) is 4.70. The van der Waals surface area contributed by atoms with Crippen molar-refractivity contribution in [3.05, 3.63) is 74.6 Å². The summed E-state index contributed by atoms with van der Waals surface area (Å²) in [6.07, 6.45) is -0.449. The van der Waals surface area contributed by atoms with Crippen LogP contribution in [-0.4, -0.2) is 16.0 Å². The molecular formula is C21H17F2N3O3. The van der Waals surface area contributed by atoms with Crippen LogP contribution in [0.25, 0.3) is 10.9 Å². The molecule has 1 aromatic heterocycles. The van der Waals surface area contributed by atoms with Crippen molar-refractivity contribution in [2.45, 2.75) is 26.3 Å². The number of aryl methyl sites for hydroxylation is 1. The standard InChI is InChI=1S/C21H17F2N3O3/c1-10-5-12(9-24)3-4-13(10)11(2)25-19(27)7-15-20(28)14-6-16(22)17(23)8-18(14)26-21(15)29/h3-6,8,11H,7H2,1-2H3,(H,25,27)(H2,26,28,29)/t11-/m1/s1. The fourth-order valence-electron chi connectivity index (χ4n) is 3.24. The fraction of sp³-hybridized carbons (Fsp3) is 0.190. The SMILES string of the molecule is Cc1cc(C#N)ccc1[C@@H](C)NC(=O)Cc1c(O)c2cc(F)c(F)cc2[nH]c1=O. The number of hydrogen-bond acceptors (Lipinski definition) is 4. The van der Waals surface area contributed by atoms with Crippen LogP contribution in [-0.2, 0) is 11.2 Å². The van der Waals surface area contributed by atoms with Gasteiger partial charge < -0.3 is 15.4 Å². The summed E-state index contributed by atoms with van der Waals surface area (Å²) in [6, 6.07) is 8.23. The third kappa shape index (κ3) is 3.94. The zero-order valence-corrected chi connectivity index (χ0v) is 15.6. The number of nitrogens with zero attached hydrogens (tertiary/aromatic N) is 1. The number of rotatable bonds is 4. The van der Waals surface area contributed by atoms with E-state index in [0.29, 0.717) is 5.56 Å². The Morgan fingerprint density at radius 2 is 1.97 bits per heavy atom. The minimum atomic E-state index is -1.18. The van der Waals surface area contributed by atoms with Gasteiger partial charge in [0.05, 0.1) is 35.2 Å². The first-order chi connectivity index (χ1) is 13.7. The maximum atomic E-state index is 13.5. The van der Waals surface area contributed by atoms with Crippen molar-refractivity contribution in [1.82, 2.24) is 10.3 Å². The number of hydrogen-bond donors (Lipinski definition) is 3. The number of amides is 1. The lowest BCUT2D eigenvalue weighted by atomic mass is 10.00. The average Bonchev–Trinajstić information content (AvgIpc) is 2.66. The molecule has 1 amide bonds. The predicted octanol–water partition coefficient (Wildman–Crippen LogP) is 3.11. The smallest absolute Gasteiger partial charge is 0.255 e. The molecule has 1 atom stereocenters. The molecule has 0 saturated heterocycles. The van der Waals surface area contributed by atoms with Crippen molar-refractivity contribution < 1.29 is 18.7 Å². The summed E-state index contributed by atoms with van der Waals surface area (Å²) >= 11 is 0. The summed E-state index contributed by atoms with van der Waals surface area (Å²) in [6.45, 7) is 3.56. The van der Waals surface area contributed by atoms with Gasteiger partial charge in [0.15, 0.2) is 11.6 Å². The number of aromatic hydroxyl groups is 1. The van der Waals surface area contributed by atoms with Gasteiger partial charge in [-0.3, -0.25) is 9.59 Å². The quantitative estimate of drug-likeness (QED) is 0.629. The monoisotopic (exact) mass is 397 g/mol. The molecular weight excluding hydrogens is 380 g/mol. The van der Waals surface area contributed by atoms with Crippen molar-refractivity contribution in [2.24, 2.45) is 0 Å². The van der Waals surface area contributed by atoms with Gasteiger partial charge in [0, 0.05) is 11.5 Å². The molecule has 148 valence electrons. The number of fused-ring (bicyclic) bond motifs is 1. The number of aromatic nitrogens is 1. The van der Waals surface area contributed by atoms with Gasteiger partial charge in [0.1, 0.15) is 5.75 Å². The normalized spacial score (nSPS) is 11.8. The van der Waals surface area contributed by atoms with E-state index in [4.69, 9.17) is 5.26 Å². The topological polar surface area (TPSA) is 106 Å². The van der Waals surface area contributed by atoms with E-state index in [-0.39, 0.29) is 16.5 Å². The molecule has 8 heteroatoms. The molecule has 0 aliphatic carbocycles. The second kappa shape index (κ2) is 7.72. The summed E-state index contributed by atoms with van der Waals surface area (Å²) in [5, 5.41) is 21.9. The molecule has 29 heavy (non-hydrogen) atoms. The average molecular weight is 397 g/mol. The maximum Gasteiger partial charge on any atom is 0.255 e. The van der Waals surface area contributed by atoms with Gasteiger partial charge in [0.25, 0.3) is 5.56 Å². The number of nitrogens with one attached hydrogen (secondary N) is 2. The number of nitriles is 1. The predicted molar refractivity (Wildman–Crippen MR) is 102 cm³/mol. The molecule has 0 fully saturated rings. The Balaban J connectivity index is 1.85. The van der Waals surface area contributed by atoms with E-state index in [0.717, 1.165) is 23.3 Å². The van der Waals surface area contributed by atoms with Crippen molar-refractivity contribution >= 4 is 16.8 Å². The van der Waals surface area contributed by atoms with E-state index in [1.165, 1.54) is 0 Å². The molecule has 0 saturated carbocycles. The van der Waals surface area contributed by atoms with Crippen LogP contribution in [0.4, 0.5) is 8.78 Å². The largest absolute Gasteiger partial charge is 0.507 e. The molecule has 1 heterocycles. The van der Waals surface area contributed by atoms with Crippen molar-refractivity contribution in [3.63, 3.8) is 0 Å². The van der Waals surface area contributed by atoms with E-state index < -0.39 is 41.3 Å². The zero-order chi connectivity index (χ0) is 21.3. The summed E-state index contributed by atoms with van der Waals surface area (Å²) in [4.78, 5) is 27.0. The Hall–Kier alpha value is -3.73. The molecule has 3 N–H and O–H groups in total. The van der Waals surface area contributed by atoms with Crippen LogP contribution in [0.3, 0.4) is 0 Å². The molecule has 2 aromatic carbocycles. The summed E-state index contributed by atoms with van der Waals surface area (Å²) in [5.41, 5.74) is 1.04. The lowest BCUT2D eigenvalue weighted by molar-refractivity contribution is -0.121. The highest BCUT2D eigenvalue weighted by molar-refractivity contribution is 5.88. The Morgan fingerprint density at radius 3 is 2.62 bits per heavy atom. The van der Waals surface area contributed by atoms with E-state index in [9.17, 15) is 23.5 Å². The van der Waals surface area contributed by atoms with Crippen LogP contribution >= 0.6 is 0 Å². The Labute approximate surface area is 164 Å². The molecule has 3 aromatic rings. The third-order valence-corrected chi connectivity index (χ3v) is 4.70. The van der Waals surface area contributed by atoms with Crippen LogP contribution < -0.4 is 10.9 Å². The zero-order valence-electron chi connectivity index (χ0n) is 15.6. The van der Waals surface area contributed by atoms with E-state index in [1.54, 1.807) is 25.1 Å². The maximum absolute atomic E-state index is 13.5. The second-order valence-corrected chi connectivity index (χ2v) is 6.74. The molecule has 0 unspecified atom stereocenters. The van der Waals surface area contributed by atoms with Crippen LogP contribution in [0.1, 0.15) is 35.2 Å². The first-order valence-electron chi connectivity index (χ1n) is 8.74. The van der Waals surface area contributed by atoms with Gasteiger partial charge >= 0.3 is 0 Å². The van der Waals surface area contributed by atoms with Gasteiger partial charge in [-0.05, 0) is 43.2 Å². The van der Waals surface area contributed by atoms with Crippen molar-refractivity contribution in [1.29, 1.82) is 5.26 Å². The lowest BCUT2D eigenvalue weighted by Gasteiger charge is -2.17. The first-order valence-corrected chi connectivity index (χ1v) is 8.74. The summed E-state index contributed by atoms with van der Waals surface area (Å²) in [7, 11) is 0. The van der Waals surface area contributed by atoms with Crippen LogP contribution in [0, 0.1) is 29.9 Å². The van der Waals surface area contributed by atoms with E-state index in [1.807, 2.05) is 13.0 Å². The Morgan fingerprint density at radius 1 is 1.28 bits per heavy atom. The molecule has 0 bridgehead atoms. The van der Waals surface area contributed by atoms with Gasteiger partial charge in [0.2, 0.25) is 5.91 Å². The number of pyridine rings is 1. The van der Waals surface area contributed by atoms with E-state index >= 15 is 0 Å². The minimum Gasteiger partial charge on any atom is -0.507 e. The number of benzene rings is 2. The highest BCUT2D eigenvalue weighted by Gasteiger charge is 2.19. The van der Waals surface area contributed by atoms with Crippen LogP contribution in [0.5, 0.6) is 5.75 Å². The highest BCUT2D eigenvalue weighted by atomic mass is 19.2. The van der Waals surface area contributed by atoms with Gasteiger partial charge in [-0.1, -0.05) is 6.07 Å². The molecule has 3 rings (SSSR count). The number of aromatic amines is 1. The molecule has 6 nitrogen and oxygen atoms in total. The summed E-state index contributed by atoms with van der Waals surface area (Å²) in [5.74, 6) is -3.45. The first kappa shape index (κ1) is 20.0. The van der Waals surface area contributed by atoms with E-state index in [2.05, 4.69) is 10.3 Å². The Kier molecular flexibility index (Phi) is 5.33. The highest BCUT2D eigenvalue weighted by Crippen LogP contribution is 2.27. The lowest BCUT2D eigenvalue weighted by Crippen LogP contribution is -2.30. The van der Waals surface area contributed by atoms with Gasteiger partial charge in [-0.25, -0.2) is 8.78 Å². The number of carbonyl (C=O) groups is 1. The minimum absolute atomic E-state index is 0.0721. The van der Waals surface area contributed by atoms with Crippen LogP contribution in [0.2, 0.25) is 0 Å². The summed E-state index contributed by atoms with van der Waals surface area (Å²) < 4.78 is 26.8.